The Balaban J connectivity index is 2.40. The van der Waals surface area contributed by atoms with E-state index < -0.39 is 11.6 Å². The van der Waals surface area contributed by atoms with E-state index in [2.05, 4.69) is 20.9 Å². The Kier molecular flexibility index (Phi) is 3.48. The van der Waals surface area contributed by atoms with E-state index in [1.165, 1.54) is 16.7 Å². The summed E-state index contributed by atoms with van der Waals surface area (Å²) in [6.07, 6.45) is 0. The zero-order chi connectivity index (χ0) is 14.3. The molecule has 0 fully saturated rings. The van der Waals surface area contributed by atoms with E-state index in [-0.39, 0.29) is 11.6 Å². The van der Waals surface area contributed by atoms with Gasteiger partial charge in [0.25, 0.3) is 0 Å². The average molecular weight is 358 g/mol. The summed E-state index contributed by atoms with van der Waals surface area (Å²) in [6, 6.07) is 9.55. The van der Waals surface area contributed by atoms with E-state index in [0.29, 0.717) is 21.3 Å². The zero-order valence-electron chi connectivity index (χ0n) is 10.1. The maximum absolute atomic E-state index is 14.2. The molecule has 0 amide bonds. The van der Waals surface area contributed by atoms with Crippen molar-refractivity contribution in [3.63, 3.8) is 0 Å². The average Bonchev–Trinajstić information content (AvgIpc) is 2.76. The van der Waals surface area contributed by atoms with Crippen LogP contribution in [0.2, 0.25) is 0 Å². The lowest BCUT2D eigenvalue weighted by Gasteiger charge is -2.10. The summed E-state index contributed by atoms with van der Waals surface area (Å²) in [5, 5.41) is 0. The summed E-state index contributed by atoms with van der Waals surface area (Å²) >= 11 is 8.92. The number of fused-ring (bicyclic) bond motifs is 1. The van der Waals surface area contributed by atoms with Gasteiger partial charge in [-0.05, 0) is 24.3 Å². The predicted octanol–water partition coefficient (Wildman–Crippen LogP) is 4.81. The van der Waals surface area contributed by atoms with Crippen LogP contribution in [0.3, 0.4) is 0 Å². The Morgan fingerprint density at radius 3 is 2.45 bits per heavy atom. The molecule has 1 heterocycles. The highest BCUT2D eigenvalue weighted by Crippen LogP contribution is 2.28. The Morgan fingerprint density at radius 1 is 1.15 bits per heavy atom. The Morgan fingerprint density at radius 2 is 1.80 bits per heavy atom. The molecule has 0 spiro atoms. The minimum atomic E-state index is -0.675. The van der Waals surface area contributed by atoms with E-state index in [1.807, 2.05) is 6.07 Å². The molecular formula is C14H8BrClF2N2. The molecule has 102 valence electrons. The predicted molar refractivity (Wildman–Crippen MR) is 78.2 cm³/mol. The van der Waals surface area contributed by atoms with Gasteiger partial charge < -0.3 is 0 Å². The van der Waals surface area contributed by atoms with Crippen molar-refractivity contribution in [2.24, 2.45) is 0 Å². The molecule has 2 aromatic carbocycles. The number of alkyl halides is 1. The molecule has 6 heteroatoms. The molecule has 20 heavy (non-hydrogen) atoms. The van der Waals surface area contributed by atoms with Gasteiger partial charge >= 0.3 is 0 Å². The first-order chi connectivity index (χ1) is 9.61. The molecule has 0 aliphatic rings. The van der Waals surface area contributed by atoms with Gasteiger partial charge in [0.15, 0.2) is 11.6 Å². The van der Waals surface area contributed by atoms with Crippen molar-refractivity contribution in [1.29, 1.82) is 0 Å². The molecule has 0 saturated heterocycles. The number of hydrogen-bond donors (Lipinski definition) is 0. The van der Waals surface area contributed by atoms with E-state index in [1.54, 1.807) is 18.2 Å². The number of imidazole rings is 1. The van der Waals surface area contributed by atoms with E-state index in [9.17, 15) is 8.78 Å². The van der Waals surface area contributed by atoms with Crippen LogP contribution in [0, 0.1) is 11.6 Å². The number of halogens is 4. The SMILES string of the molecule is Fc1cc(Br)cc(F)c1-n1c(CCl)nc2ccccc21. The van der Waals surface area contributed by atoms with Gasteiger partial charge in [-0.25, -0.2) is 13.8 Å². The van der Waals surface area contributed by atoms with Crippen molar-refractivity contribution in [1.82, 2.24) is 9.55 Å². The summed E-state index contributed by atoms with van der Waals surface area (Å²) < 4.78 is 30.1. The van der Waals surface area contributed by atoms with Crippen molar-refractivity contribution in [2.75, 3.05) is 0 Å². The summed E-state index contributed by atoms with van der Waals surface area (Å²) in [5.41, 5.74) is 1.09. The topological polar surface area (TPSA) is 17.8 Å². The Labute approximate surface area is 127 Å². The van der Waals surface area contributed by atoms with Crippen molar-refractivity contribution < 1.29 is 8.78 Å². The van der Waals surface area contributed by atoms with Crippen LogP contribution in [0.1, 0.15) is 5.82 Å². The van der Waals surface area contributed by atoms with Crippen LogP contribution in [-0.2, 0) is 5.88 Å². The van der Waals surface area contributed by atoms with Gasteiger partial charge in [0.1, 0.15) is 11.5 Å². The van der Waals surface area contributed by atoms with E-state index in [0.717, 1.165) is 0 Å². The number of aromatic nitrogens is 2. The van der Waals surface area contributed by atoms with Crippen molar-refractivity contribution >= 4 is 38.6 Å². The molecule has 0 atom stereocenters. The van der Waals surface area contributed by atoms with Gasteiger partial charge in [0.05, 0.1) is 16.9 Å². The summed E-state index contributed by atoms with van der Waals surface area (Å²) in [7, 11) is 0. The lowest BCUT2D eigenvalue weighted by Crippen LogP contribution is -2.05. The van der Waals surface area contributed by atoms with Crippen LogP contribution in [0.4, 0.5) is 8.78 Å². The molecule has 0 aliphatic heterocycles. The van der Waals surface area contributed by atoms with Crippen LogP contribution < -0.4 is 0 Å². The van der Waals surface area contributed by atoms with Crippen LogP contribution in [0.25, 0.3) is 16.7 Å². The van der Waals surface area contributed by atoms with Gasteiger partial charge in [0, 0.05) is 4.47 Å². The lowest BCUT2D eigenvalue weighted by atomic mass is 10.2. The zero-order valence-corrected chi connectivity index (χ0v) is 12.4. The minimum Gasteiger partial charge on any atom is -0.290 e. The fraction of sp³-hybridized carbons (Fsp3) is 0.0714. The number of hydrogen-bond acceptors (Lipinski definition) is 1. The molecular weight excluding hydrogens is 350 g/mol. The second-order valence-electron chi connectivity index (χ2n) is 4.20. The maximum atomic E-state index is 14.2. The third-order valence-electron chi connectivity index (χ3n) is 2.96. The van der Waals surface area contributed by atoms with Gasteiger partial charge in [-0.2, -0.15) is 0 Å². The van der Waals surface area contributed by atoms with E-state index >= 15 is 0 Å². The highest BCUT2D eigenvalue weighted by atomic mass is 79.9. The van der Waals surface area contributed by atoms with Gasteiger partial charge in [0.2, 0.25) is 0 Å². The molecule has 0 N–H and O–H groups in total. The first kappa shape index (κ1) is 13.5. The first-order valence-corrected chi connectivity index (χ1v) is 7.12. The Bertz CT molecular complexity index is 778. The smallest absolute Gasteiger partial charge is 0.151 e. The quantitative estimate of drug-likeness (QED) is 0.602. The highest BCUT2D eigenvalue weighted by molar-refractivity contribution is 9.10. The molecule has 0 radical (unpaired) electrons. The second kappa shape index (κ2) is 5.14. The van der Waals surface area contributed by atoms with Crippen molar-refractivity contribution in [2.45, 2.75) is 5.88 Å². The fourth-order valence-corrected chi connectivity index (χ4v) is 2.74. The summed E-state index contributed by atoms with van der Waals surface area (Å²) in [4.78, 5) is 4.30. The molecule has 3 rings (SSSR count). The second-order valence-corrected chi connectivity index (χ2v) is 5.39. The Hall–Kier alpha value is -1.46. The van der Waals surface area contributed by atoms with E-state index in [4.69, 9.17) is 11.6 Å². The van der Waals surface area contributed by atoms with Crippen LogP contribution >= 0.6 is 27.5 Å². The fourth-order valence-electron chi connectivity index (χ4n) is 2.16. The number of rotatable bonds is 2. The van der Waals surface area contributed by atoms with Crippen LogP contribution in [-0.4, -0.2) is 9.55 Å². The summed E-state index contributed by atoms with van der Waals surface area (Å²) in [6.45, 7) is 0. The van der Waals surface area contributed by atoms with Gasteiger partial charge in [-0.15, -0.1) is 11.6 Å². The number of para-hydroxylation sites is 2. The molecule has 0 unspecified atom stereocenters. The van der Waals surface area contributed by atoms with Crippen molar-refractivity contribution in [3.8, 4) is 5.69 Å². The number of nitrogens with zero attached hydrogens (tertiary/aromatic N) is 2. The van der Waals surface area contributed by atoms with Gasteiger partial charge in [-0.1, -0.05) is 28.1 Å². The molecule has 0 bridgehead atoms. The highest BCUT2D eigenvalue weighted by Gasteiger charge is 2.19. The first-order valence-electron chi connectivity index (χ1n) is 5.79. The molecule has 1 aromatic heterocycles. The maximum Gasteiger partial charge on any atom is 0.151 e. The third-order valence-corrected chi connectivity index (χ3v) is 3.65. The molecule has 3 aromatic rings. The summed E-state index contributed by atoms with van der Waals surface area (Å²) in [5.74, 6) is -0.894. The standard InChI is InChI=1S/C14H8BrClF2N2/c15-8-5-9(17)14(10(18)6-8)20-12-4-2-1-3-11(12)19-13(20)7-16/h1-6H,7H2. The van der Waals surface area contributed by atoms with Gasteiger partial charge in [-0.3, -0.25) is 4.57 Å². The molecule has 2 nitrogen and oxygen atoms in total. The van der Waals surface area contributed by atoms with Crippen molar-refractivity contribution in [3.05, 3.63) is 58.3 Å². The number of benzene rings is 2. The minimum absolute atomic E-state index is 0.0592. The monoisotopic (exact) mass is 356 g/mol. The third kappa shape index (κ3) is 2.11. The lowest BCUT2D eigenvalue weighted by molar-refractivity contribution is 0.567. The largest absolute Gasteiger partial charge is 0.290 e. The normalized spacial score (nSPS) is 11.2. The molecule has 0 aliphatic carbocycles. The van der Waals surface area contributed by atoms with Crippen LogP contribution in [0.15, 0.2) is 40.9 Å². The van der Waals surface area contributed by atoms with Crippen LogP contribution in [0.5, 0.6) is 0 Å². The molecule has 0 saturated carbocycles.